The van der Waals surface area contributed by atoms with Gasteiger partial charge in [0.25, 0.3) is 0 Å². The summed E-state index contributed by atoms with van der Waals surface area (Å²) in [5.74, 6) is 1.26. The zero-order valence-corrected chi connectivity index (χ0v) is 11.6. The van der Waals surface area contributed by atoms with Crippen molar-refractivity contribution in [3.8, 4) is 0 Å². The average Bonchev–Trinajstić information content (AvgIpc) is 2.39. The third kappa shape index (κ3) is 3.32. The molecule has 1 heterocycles. The van der Waals surface area contributed by atoms with Crippen molar-refractivity contribution in [3.63, 3.8) is 0 Å². The Morgan fingerprint density at radius 2 is 2.22 bits per heavy atom. The van der Waals surface area contributed by atoms with Crippen molar-refractivity contribution < 1.29 is 4.79 Å². The summed E-state index contributed by atoms with van der Waals surface area (Å²) in [6.07, 6.45) is 1.72. The fourth-order valence-electron chi connectivity index (χ4n) is 1.46. The number of rotatable bonds is 5. The minimum Gasteiger partial charge on any atom is -0.358 e. The Morgan fingerprint density at radius 1 is 1.56 bits per heavy atom. The van der Waals surface area contributed by atoms with E-state index in [-0.39, 0.29) is 11.9 Å². The number of nitrogens with zero attached hydrogens (tertiary/aromatic N) is 3. The Morgan fingerprint density at radius 3 is 2.78 bits per heavy atom. The van der Waals surface area contributed by atoms with E-state index >= 15 is 0 Å². The molecular formula is C12H21N5O. The number of hydrogen-bond donors (Lipinski definition) is 2. The minimum absolute atomic E-state index is 0.0431. The molecule has 0 aliphatic carbocycles. The van der Waals surface area contributed by atoms with E-state index in [0.29, 0.717) is 18.3 Å². The number of carbonyl (C=O) groups is 1. The highest BCUT2D eigenvalue weighted by Crippen LogP contribution is 2.13. The average molecular weight is 251 g/mol. The highest BCUT2D eigenvalue weighted by molar-refractivity contribution is 5.84. The van der Waals surface area contributed by atoms with Gasteiger partial charge in [-0.15, -0.1) is 0 Å². The first-order chi connectivity index (χ1) is 8.49. The Kier molecular flexibility index (Phi) is 4.88. The molecule has 0 aromatic carbocycles. The predicted molar refractivity (Wildman–Crippen MR) is 72.7 cm³/mol. The summed E-state index contributed by atoms with van der Waals surface area (Å²) in [6, 6.07) is -0.312. The molecule has 0 spiro atoms. The molecule has 1 atom stereocenters. The van der Waals surface area contributed by atoms with Crippen LogP contribution in [0.2, 0.25) is 0 Å². The van der Waals surface area contributed by atoms with Crippen molar-refractivity contribution in [2.75, 3.05) is 31.3 Å². The van der Waals surface area contributed by atoms with Crippen LogP contribution in [0.5, 0.6) is 0 Å². The summed E-state index contributed by atoms with van der Waals surface area (Å²) in [6.45, 7) is 6.37. The number of carbonyl (C=O) groups excluding carboxylic acids is 1. The van der Waals surface area contributed by atoms with E-state index in [1.165, 1.54) is 0 Å². The Bertz CT molecular complexity index is 421. The molecule has 1 rings (SSSR count). The summed E-state index contributed by atoms with van der Waals surface area (Å²) in [5.41, 5.74) is 0.910. The maximum Gasteiger partial charge on any atom is 0.244 e. The second-order valence-electron chi connectivity index (χ2n) is 4.19. The lowest BCUT2D eigenvalue weighted by atomic mass is 10.2. The zero-order valence-electron chi connectivity index (χ0n) is 11.6. The molecule has 6 heteroatoms. The first-order valence-corrected chi connectivity index (χ1v) is 6.02. The molecule has 1 unspecified atom stereocenters. The van der Waals surface area contributed by atoms with Crippen LogP contribution in [-0.2, 0) is 4.79 Å². The number of aromatic nitrogens is 2. The number of nitrogens with one attached hydrogen (secondary N) is 2. The molecule has 0 aliphatic rings. The van der Waals surface area contributed by atoms with Crippen LogP contribution >= 0.6 is 0 Å². The van der Waals surface area contributed by atoms with Gasteiger partial charge in [-0.05, 0) is 20.8 Å². The van der Waals surface area contributed by atoms with Crippen LogP contribution in [0.4, 0.5) is 11.8 Å². The quantitative estimate of drug-likeness (QED) is 0.820. The third-order valence-electron chi connectivity index (χ3n) is 2.77. The molecule has 0 aliphatic heterocycles. The van der Waals surface area contributed by atoms with Crippen LogP contribution < -0.4 is 10.6 Å². The second-order valence-corrected chi connectivity index (χ2v) is 4.19. The zero-order chi connectivity index (χ0) is 13.7. The number of likely N-dealkylation sites (N-methyl/N-ethyl adjacent to an activating group) is 1. The van der Waals surface area contributed by atoms with Gasteiger partial charge in [0.2, 0.25) is 11.9 Å². The van der Waals surface area contributed by atoms with E-state index in [2.05, 4.69) is 20.6 Å². The SMILES string of the molecule is CCN(C)C(=O)C(C)Nc1nc(NC)ncc1C. The van der Waals surface area contributed by atoms with Crippen molar-refractivity contribution in [2.24, 2.45) is 0 Å². The molecule has 6 nitrogen and oxygen atoms in total. The van der Waals surface area contributed by atoms with Crippen LogP contribution in [0.3, 0.4) is 0 Å². The lowest BCUT2D eigenvalue weighted by Gasteiger charge is -2.21. The maximum absolute atomic E-state index is 11.9. The fourth-order valence-corrected chi connectivity index (χ4v) is 1.46. The van der Waals surface area contributed by atoms with E-state index in [9.17, 15) is 4.79 Å². The smallest absolute Gasteiger partial charge is 0.244 e. The van der Waals surface area contributed by atoms with Gasteiger partial charge in [-0.2, -0.15) is 4.98 Å². The first-order valence-electron chi connectivity index (χ1n) is 6.02. The fraction of sp³-hybridized carbons (Fsp3) is 0.583. The third-order valence-corrected chi connectivity index (χ3v) is 2.77. The Labute approximate surface area is 108 Å². The van der Waals surface area contributed by atoms with Crippen LogP contribution in [0, 0.1) is 6.92 Å². The first kappa shape index (κ1) is 14.2. The summed E-state index contributed by atoms with van der Waals surface area (Å²) in [7, 11) is 3.54. The molecule has 0 saturated heterocycles. The van der Waals surface area contributed by atoms with Gasteiger partial charge in [-0.1, -0.05) is 0 Å². The standard InChI is InChI=1S/C12H21N5O/c1-6-17(5)11(18)9(3)15-10-8(2)7-14-12(13-4)16-10/h7,9H,6H2,1-5H3,(H2,13,14,15,16). The van der Waals surface area contributed by atoms with Gasteiger partial charge in [0.05, 0.1) is 0 Å². The van der Waals surface area contributed by atoms with Crippen molar-refractivity contribution in [1.29, 1.82) is 0 Å². The van der Waals surface area contributed by atoms with E-state index in [0.717, 1.165) is 5.56 Å². The maximum atomic E-state index is 11.9. The molecule has 0 fully saturated rings. The van der Waals surface area contributed by atoms with Gasteiger partial charge in [-0.25, -0.2) is 4.98 Å². The second kappa shape index (κ2) is 6.18. The van der Waals surface area contributed by atoms with Crippen molar-refractivity contribution in [2.45, 2.75) is 26.8 Å². The number of amides is 1. The van der Waals surface area contributed by atoms with Crippen LogP contribution in [0.1, 0.15) is 19.4 Å². The van der Waals surface area contributed by atoms with Crippen molar-refractivity contribution in [3.05, 3.63) is 11.8 Å². The van der Waals surface area contributed by atoms with Crippen LogP contribution in [0.25, 0.3) is 0 Å². The molecule has 1 amide bonds. The van der Waals surface area contributed by atoms with Gasteiger partial charge in [0.1, 0.15) is 11.9 Å². The van der Waals surface area contributed by atoms with Gasteiger partial charge >= 0.3 is 0 Å². The van der Waals surface area contributed by atoms with Gasteiger partial charge in [0.15, 0.2) is 0 Å². The number of hydrogen-bond acceptors (Lipinski definition) is 5. The van der Waals surface area contributed by atoms with Crippen molar-refractivity contribution >= 4 is 17.7 Å². The monoisotopic (exact) mass is 251 g/mol. The molecular weight excluding hydrogens is 230 g/mol. The van der Waals surface area contributed by atoms with Crippen LogP contribution in [0.15, 0.2) is 6.20 Å². The van der Waals surface area contributed by atoms with E-state index in [1.54, 1.807) is 25.2 Å². The van der Waals surface area contributed by atoms with Gasteiger partial charge < -0.3 is 15.5 Å². The molecule has 2 N–H and O–H groups in total. The summed E-state index contributed by atoms with van der Waals surface area (Å²) >= 11 is 0. The molecule has 0 saturated carbocycles. The minimum atomic E-state index is -0.312. The Hall–Kier alpha value is -1.85. The normalized spacial score (nSPS) is 11.8. The molecule has 1 aromatic heterocycles. The summed E-state index contributed by atoms with van der Waals surface area (Å²) in [4.78, 5) is 22.0. The van der Waals surface area contributed by atoms with E-state index < -0.39 is 0 Å². The van der Waals surface area contributed by atoms with E-state index in [4.69, 9.17) is 0 Å². The molecule has 0 bridgehead atoms. The summed E-state index contributed by atoms with van der Waals surface area (Å²) < 4.78 is 0. The lowest BCUT2D eigenvalue weighted by Crippen LogP contribution is -2.39. The van der Waals surface area contributed by atoms with Crippen molar-refractivity contribution in [1.82, 2.24) is 14.9 Å². The molecule has 1 aromatic rings. The largest absolute Gasteiger partial charge is 0.358 e. The lowest BCUT2D eigenvalue weighted by molar-refractivity contribution is -0.130. The van der Waals surface area contributed by atoms with Crippen LogP contribution in [-0.4, -0.2) is 47.5 Å². The molecule has 0 radical (unpaired) electrons. The molecule has 100 valence electrons. The van der Waals surface area contributed by atoms with E-state index in [1.807, 2.05) is 20.8 Å². The van der Waals surface area contributed by atoms with Gasteiger partial charge in [-0.3, -0.25) is 4.79 Å². The van der Waals surface area contributed by atoms with Gasteiger partial charge in [0, 0.05) is 32.4 Å². The summed E-state index contributed by atoms with van der Waals surface area (Å²) in [5, 5.41) is 5.99. The number of anilines is 2. The topological polar surface area (TPSA) is 70.2 Å². The molecule has 18 heavy (non-hydrogen) atoms. The Balaban J connectivity index is 2.80. The number of aryl methyl sites for hydroxylation is 1. The highest BCUT2D eigenvalue weighted by Gasteiger charge is 2.17. The highest BCUT2D eigenvalue weighted by atomic mass is 16.2. The predicted octanol–water partition coefficient (Wildman–Crippen LogP) is 1.11.